The maximum absolute atomic E-state index is 12.5. The van der Waals surface area contributed by atoms with Crippen LogP contribution in [0.5, 0.6) is 0 Å². The number of hydrogen-bond acceptors (Lipinski definition) is 3. The molecule has 2 rings (SSSR count). The summed E-state index contributed by atoms with van der Waals surface area (Å²) < 4.78 is 26.6. The molecule has 0 saturated carbocycles. The number of carbonyl (C=O) groups is 1. The van der Waals surface area contributed by atoms with E-state index < -0.39 is 10.0 Å². The van der Waals surface area contributed by atoms with Gasteiger partial charge in [0.05, 0.1) is 4.90 Å². The van der Waals surface area contributed by atoms with Crippen LogP contribution in [0, 0.1) is 0 Å². The van der Waals surface area contributed by atoms with Gasteiger partial charge in [-0.1, -0.05) is 25.0 Å². The van der Waals surface area contributed by atoms with E-state index in [1.165, 1.54) is 18.2 Å². The van der Waals surface area contributed by atoms with Crippen LogP contribution in [0.4, 0.5) is 0 Å². The molecule has 1 amide bonds. The van der Waals surface area contributed by atoms with Crippen LogP contribution in [0.2, 0.25) is 0 Å². The van der Waals surface area contributed by atoms with Gasteiger partial charge in [-0.25, -0.2) is 13.1 Å². The summed E-state index contributed by atoms with van der Waals surface area (Å²) in [4.78, 5) is 14.5. The minimum Gasteiger partial charge on any atom is -0.339 e. The SMILES string of the molecule is C=CCNS(=O)(=O)c1cccc(C(=O)N2CCCCCC2)c1. The van der Waals surface area contributed by atoms with Gasteiger partial charge in [-0.2, -0.15) is 0 Å². The van der Waals surface area contributed by atoms with Gasteiger partial charge in [0.1, 0.15) is 0 Å². The molecule has 0 radical (unpaired) electrons. The second-order valence-electron chi connectivity index (χ2n) is 5.37. The minimum absolute atomic E-state index is 0.0947. The van der Waals surface area contributed by atoms with Crippen LogP contribution in [-0.2, 0) is 10.0 Å². The number of nitrogens with zero attached hydrogens (tertiary/aromatic N) is 1. The lowest BCUT2D eigenvalue weighted by molar-refractivity contribution is 0.0761. The van der Waals surface area contributed by atoms with E-state index in [2.05, 4.69) is 11.3 Å². The van der Waals surface area contributed by atoms with Crippen LogP contribution < -0.4 is 4.72 Å². The third-order valence-electron chi connectivity index (χ3n) is 3.70. The Kier molecular flexibility index (Phi) is 5.74. The zero-order valence-corrected chi connectivity index (χ0v) is 13.4. The molecule has 1 N–H and O–H groups in total. The van der Waals surface area contributed by atoms with Gasteiger partial charge >= 0.3 is 0 Å². The zero-order valence-electron chi connectivity index (χ0n) is 12.6. The number of benzene rings is 1. The van der Waals surface area contributed by atoms with E-state index in [0.717, 1.165) is 38.8 Å². The van der Waals surface area contributed by atoms with Crippen LogP contribution in [-0.4, -0.2) is 38.9 Å². The molecule has 1 saturated heterocycles. The number of amides is 1. The predicted octanol–water partition coefficient (Wildman–Crippen LogP) is 2.17. The minimum atomic E-state index is -3.61. The first-order valence-corrected chi connectivity index (χ1v) is 9.03. The fourth-order valence-electron chi connectivity index (χ4n) is 2.50. The van der Waals surface area contributed by atoms with Crippen molar-refractivity contribution in [2.24, 2.45) is 0 Å². The number of carbonyl (C=O) groups excluding carboxylic acids is 1. The number of hydrogen-bond donors (Lipinski definition) is 1. The van der Waals surface area contributed by atoms with E-state index >= 15 is 0 Å². The molecule has 0 atom stereocenters. The van der Waals surface area contributed by atoms with Crippen molar-refractivity contribution in [1.29, 1.82) is 0 Å². The van der Waals surface area contributed by atoms with Gasteiger partial charge in [-0.15, -0.1) is 6.58 Å². The molecule has 1 fully saturated rings. The van der Waals surface area contributed by atoms with Crippen molar-refractivity contribution in [3.63, 3.8) is 0 Å². The first-order valence-electron chi connectivity index (χ1n) is 7.54. The topological polar surface area (TPSA) is 66.5 Å². The Hall–Kier alpha value is -1.66. The first-order chi connectivity index (χ1) is 10.5. The van der Waals surface area contributed by atoms with Crippen molar-refractivity contribution in [2.45, 2.75) is 30.6 Å². The lowest BCUT2D eigenvalue weighted by Crippen LogP contribution is -2.32. The Balaban J connectivity index is 2.20. The highest BCUT2D eigenvalue weighted by Gasteiger charge is 2.20. The van der Waals surface area contributed by atoms with Crippen molar-refractivity contribution in [2.75, 3.05) is 19.6 Å². The standard InChI is InChI=1S/C16H22N2O3S/c1-2-10-17-22(20,21)15-9-7-8-14(13-15)16(19)18-11-5-3-4-6-12-18/h2,7-9,13,17H,1,3-6,10-12H2. The lowest BCUT2D eigenvalue weighted by Gasteiger charge is -2.20. The number of nitrogens with one attached hydrogen (secondary N) is 1. The van der Waals surface area contributed by atoms with Gasteiger partial charge in [0.25, 0.3) is 5.91 Å². The highest BCUT2D eigenvalue weighted by molar-refractivity contribution is 7.89. The summed E-state index contributed by atoms with van der Waals surface area (Å²) in [6.07, 6.45) is 5.77. The van der Waals surface area contributed by atoms with Gasteiger partial charge in [0.15, 0.2) is 0 Å². The summed E-state index contributed by atoms with van der Waals surface area (Å²) in [7, 11) is -3.61. The second-order valence-corrected chi connectivity index (χ2v) is 7.14. The van der Waals surface area contributed by atoms with Crippen molar-refractivity contribution >= 4 is 15.9 Å². The number of sulfonamides is 1. The fraction of sp³-hybridized carbons (Fsp3) is 0.438. The fourth-order valence-corrected chi connectivity index (χ4v) is 3.55. The van der Waals surface area contributed by atoms with E-state index in [0.29, 0.717) is 5.56 Å². The highest BCUT2D eigenvalue weighted by Crippen LogP contribution is 2.16. The molecule has 22 heavy (non-hydrogen) atoms. The quantitative estimate of drug-likeness (QED) is 0.845. The first kappa shape index (κ1) is 16.7. The summed E-state index contributed by atoms with van der Waals surface area (Å²) in [6, 6.07) is 6.20. The lowest BCUT2D eigenvalue weighted by atomic mass is 10.2. The highest BCUT2D eigenvalue weighted by atomic mass is 32.2. The molecule has 0 unspecified atom stereocenters. The molecular weight excluding hydrogens is 300 g/mol. The van der Waals surface area contributed by atoms with Gasteiger partial charge in [0, 0.05) is 25.2 Å². The largest absolute Gasteiger partial charge is 0.339 e. The molecular formula is C16H22N2O3S. The molecule has 1 aromatic carbocycles. The Morgan fingerprint density at radius 3 is 2.55 bits per heavy atom. The van der Waals surface area contributed by atoms with Gasteiger partial charge in [-0.3, -0.25) is 4.79 Å². The van der Waals surface area contributed by atoms with E-state index in [4.69, 9.17) is 0 Å². The molecule has 6 heteroatoms. The van der Waals surface area contributed by atoms with Crippen molar-refractivity contribution in [3.05, 3.63) is 42.5 Å². The smallest absolute Gasteiger partial charge is 0.253 e. The normalized spacial score (nSPS) is 16.1. The average Bonchev–Trinajstić information content (AvgIpc) is 2.81. The maximum atomic E-state index is 12.5. The summed E-state index contributed by atoms with van der Waals surface area (Å²) in [5.41, 5.74) is 0.420. The molecule has 1 aliphatic heterocycles. The van der Waals surface area contributed by atoms with Crippen LogP contribution in [0.15, 0.2) is 41.8 Å². The van der Waals surface area contributed by atoms with Gasteiger partial charge in [0.2, 0.25) is 10.0 Å². The van der Waals surface area contributed by atoms with Gasteiger partial charge in [-0.05, 0) is 31.0 Å². The van der Waals surface area contributed by atoms with Crippen LogP contribution in [0.1, 0.15) is 36.0 Å². The molecule has 1 aliphatic rings. The molecule has 120 valence electrons. The van der Waals surface area contributed by atoms with E-state index in [1.807, 2.05) is 4.90 Å². The third-order valence-corrected chi connectivity index (χ3v) is 5.12. The maximum Gasteiger partial charge on any atom is 0.253 e. The van der Waals surface area contributed by atoms with E-state index in [1.54, 1.807) is 12.1 Å². The second kappa shape index (κ2) is 7.56. The molecule has 0 aromatic heterocycles. The Morgan fingerprint density at radius 2 is 1.91 bits per heavy atom. The van der Waals surface area contributed by atoms with Crippen molar-refractivity contribution in [3.8, 4) is 0 Å². The number of likely N-dealkylation sites (tertiary alicyclic amines) is 1. The van der Waals surface area contributed by atoms with Crippen LogP contribution in [0.25, 0.3) is 0 Å². The van der Waals surface area contributed by atoms with E-state index in [9.17, 15) is 13.2 Å². The average molecular weight is 322 g/mol. The molecule has 0 spiro atoms. The number of rotatable bonds is 5. The molecule has 0 bridgehead atoms. The molecule has 1 aromatic rings. The monoisotopic (exact) mass is 322 g/mol. The predicted molar refractivity (Wildman–Crippen MR) is 86.2 cm³/mol. The third kappa shape index (κ3) is 4.18. The molecule has 1 heterocycles. The van der Waals surface area contributed by atoms with Crippen molar-refractivity contribution < 1.29 is 13.2 Å². The summed E-state index contributed by atoms with van der Waals surface area (Å²) in [6.45, 7) is 5.13. The summed E-state index contributed by atoms with van der Waals surface area (Å²) in [5, 5.41) is 0. The Morgan fingerprint density at radius 1 is 1.23 bits per heavy atom. The molecule has 5 nitrogen and oxygen atoms in total. The Bertz CT molecular complexity index is 633. The molecule has 0 aliphatic carbocycles. The van der Waals surface area contributed by atoms with Crippen LogP contribution in [0.3, 0.4) is 0 Å². The Labute approximate surface area is 132 Å². The van der Waals surface area contributed by atoms with Gasteiger partial charge < -0.3 is 4.90 Å². The summed E-state index contributed by atoms with van der Waals surface area (Å²) in [5.74, 6) is -0.0947. The summed E-state index contributed by atoms with van der Waals surface area (Å²) >= 11 is 0. The van der Waals surface area contributed by atoms with Crippen LogP contribution >= 0.6 is 0 Å². The van der Waals surface area contributed by atoms with E-state index in [-0.39, 0.29) is 17.3 Å². The zero-order chi connectivity index (χ0) is 16.0. The van der Waals surface area contributed by atoms with Crippen molar-refractivity contribution in [1.82, 2.24) is 9.62 Å².